The highest BCUT2D eigenvalue weighted by Gasteiger charge is 2.28. The van der Waals surface area contributed by atoms with E-state index in [1.165, 1.54) is 0 Å². The highest BCUT2D eigenvalue weighted by atomic mass is 16.6. The van der Waals surface area contributed by atoms with Crippen molar-refractivity contribution in [1.29, 1.82) is 0 Å². The van der Waals surface area contributed by atoms with Crippen LogP contribution in [-0.4, -0.2) is 26.2 Å². The SMILES string of the molecule is NC(=O)c1cc(O)c(O)c([N+](=O)[O-])c1O. The van der Waals surface area contributed by atoms with E-state index in [1.54, 1.807) is 0 Å². The molecule has 1 aromatic rings. The van der Waals surface area contributed by atoms with Crippen LogP contribution in [0.1, 0.15) is 10.4 Å². The number of nitrogens with two attached hydrogens (primary N) is 1. The number of carbonyl (C=O) groups excluding carboxylic acids is 1. The van der Waals surface area contributed by atoms with E-state index < -0.39 is 39.3 Å². The number of nitro benzene ring substituents is 1. The Morgan fingerprint density at radius 2 is 1.87 bits per heavy atom. The zero-order valence-electron chi connectivity index (χ0n) is 7.17. The van der Waals surface area contributed by atoms with Gasteiger partial charge < -0.3 is 21.1 Å². The molecule has 5 N–H and O–H groups in total. The lowest BCUT2D eigenvalue weighted by molar-refractivity contribution is -0.387. The van der Waals surface area contributed by atoms with Crippen molar-refractivity contribution in [2.75, 3.05) is 0 Å². The number of hydrogen-bond donors (Lipinski definition) is 4. The topological polar surface area (TPSA) is 147 Å². The maximum Gasteiger partial charge on any atom is 0.356 e. The van der Waals surface area contributed by atoms with Crippen LogP contribution in [0.2, 0.25) is 0 Å². The number of rotatable bonds is 2. The second-order valence-corrected chi connectivity index (χ2v) is 2.61. The van der Waals surface area contributed by atoms with E-state index in [9.17, 15) is 20.0 Å². The fourth-order valence-corrected chi connectivity index (χ4v) is 0.995. The molecule has 1 amide bonds. The first-order valence-electron chi connectivity index (χ1n) is 3.58. The molecule has 1 aromatic carbocycles. The number of amides is 1. The van der Waals surface area contributed by atoms with E-state index in [0.717, 1.165) is 0 Å². The summed E-state index contributed by atoms with van der Waals surface area (Å²) in [4.78, 5) is 20.0. The Kier molecular flexibility index (Phi) is 2.35. The summed E-state index contributed by atoms with van der Waals surface area (Å²) in [5, 5.41) is 37.7. The van der Waals surface area contributed by atoms with E-state index in [4.69, 9.17) is 15.9 Å². The van der Waals surface area contributed by atoms with Gasteiger partial charge in [-0.05, 0) is 0 Å². The van der Waals surface area contributed by atoms with Crippen molar-refractivity contribution in [2.24, 2.45) is 5.73 Å². The van der Waals surface area contributed by atoms with E-state index in [-0.39, 0.29) is 0 Å². The first-order chi connectivity index (χ1) is 6.86. The van der Waals surface area contributed by atoms with Crippen molar-refractivity contribution in [3.63, 3.8) is 0 Å². The molecule has 80 valence electrons. The van der Waals surface area contributed by atoms with Gasteiger partial charge in [0.2, 0.25) is 11.5 Å². The van der Waals surface area contributed by atoms with Crippen molar-refractivity contribution in [3.8, 4) is 17.2 Å². The van der Waals surface area contributed by atoms with Crippen LogP contribution in [0.5, 0.6) is 17.2 Å². The van der Waals surface area contributed by atoms with Crippen LogP contribution < -0.4 is 5.73 Å². The summed E-state index contributed by atoms with van der Waals surface area (Å²) in [6.45, 7) is 0. The summed E-state index contributed by atoms with van der Waals surface area (Å²) in [7, 11) is 0. The number of carbonyl (C=O) groups is 1. The minimum absolute atomic E-state index is 0.639. The quantitative estimate of drug-likeness (QED) is 0.232. The minimum atomic E-state index is -1.16. The molecule has 0 fully saturated rings. The number of aromatic hydroxyl groups is 3. The maximum atomic E-state index is 10.7. The highest BCUT2D eigenvalue weighted by molar-refractivity contribution is 5.98. The summed E-state index contributed by atoms with van der Waals surface area (Å²) >= 11 is 0. The molecule has 0 aliphatic heterocycles. The van der Waals surface area contributed by atoms with Gasteiger partial charge in [-0.3, -0.25) is 14.9 Å². The zero-order valence-corrected chi connectivity index (χ0v) is 7.17. The number of benzene rings is 1. The second kappa shape index (κ2) is 3.33. The lowest BCUT2D eigenvalue weighted by Gasteiger charge is -2.04. The normalized spacial score (nSPS) is 9.87. The smallest absolute Gasteiger partial charge is 0.356 e. The predicted octanol–water partition coefficient (Wildman–Crippen LogP) is -0.190. The molecule has 8 heteroatoms. The molecule has 0 saturated carbocycles. The Bertz CT molecular complexity index is 455. The van der Waals surface area contributed by atoms with Gasteiger partial charge in [0.25, 0.3) is 5.91 Å². The Morgan fingerprint density at radius 3 is 2.27 bits per heavy atom. The van der Waals surface area contributed by atoms with Crippen LogP contribution in [-0.2, 0) is 0 Å². The lowest BCUT2D eigenvalue weighted by atomic mass is 10.1. The average Bonchev–Trinajstić information content (AvgIpc) is 2.10. The predicted molar refractivity (Wildman–Crippen MR) is 46.6 cm³/mol. The van der Waals surface area contributed by atoms with Gasteiger partial charge in [-0.15, -0.1) is 0 Å². The average molecular weight is 214 g/mol. The van der Waals surface area contributed by atoms with Gasteiger partial charge in [-0.25, -0.2) is 0 Å². The fourth-order valence-electron chi connectivity index (χ4n) is 0.995. The molecule has 8 nitrogen and oxygen atoms in total. The van der Waals surface area contributed by atoms with E-state index in [1.807, 2.05) is 0 Å². The molecule has 0 aromatic heterocycles. The number of phenolic OH excluding ortho intramolecular Hbond substituents is 2. The van der Waals surface area contributed by atoms with Crippen molar-refractivity contribution in [1.82, 2.24) is 0 Å². The molecule has 0 heterocycles. The molecular formula is C7H6N2O6. The molecular weight excluding hydrogens is 208 g/mol. The third-order valence-corrected chi connectivity index (χ3v) is 1.68. The third-order valence-electron chi connectivity index (χ3n) is 1.68. The fraction of sp³-hybridized carbons (Fsp3) is 0. The molecule has 0 spiro atoms. The first kappa shape index (κ1) is 10.6. The molecule has 0 aliphatic rings. The second-order valence-electron chi connectivity index (χ2n) is 2.61. The van der Waals surface area contributed by atoms with Crippen LogP contribution in [0.4, 0.5) is 5.69 Å². The molecule has 0 unspecified atom stereocenters. The molecule has 0 bridgehead atoms. The molecule has 0 aliphatic carbocycles. The van der Waals surface area contributed by atoms with Crippen LogP contribution in [0, 0.1) is 10.1 Å². The Labute approximate surface area is 82.3 Å². The zero-order chi connectivity index (χ0) is 11.7. The van der Waals surface area contributed by atoms with Gasteiger partial charge in [-0.2, -0.15) is 0 Å². The van der Waals surface area contributed by atoms with E-state index in [2.05, 4.69) is 0 Å². The standard InChI is InChI=1S/C7H6N2O6/c8-7(13)2-1-3(10)6(12)4(5(2)11)9(14)15/h1,10-12H,(H2,8,13). The van der Waals surface area contributed by atoms with Gasteiger partial charge in [0, 0.05) is 6.07 Å². The lowest BCUT2D eigenvalue weighted by Crippen LogP contribution is -2.11. The highest BCUT2D eigenvalue weighted by Crippen LogP contribution is 2.43. The van der Waals surface area contributed by atoms with Gasteiger partial charge in [0.05, 0.1) is 10.5 Å². The molecule has 1 rings (SSSR count). The van der Waals surface area contributed by atoms with Crippen molar-refractivity contribution in [3.05, 3.63) is 21.7 Å². The Hall–Kier alpha value is -2.51. The van der Waals surface area contributed by atoms with E-state index >= 15 is 0 Å². The first-order valence-corrected chi connectivity index (χ1v) is 3.58. The summed E-state index contributed by atoms with van der Waals surface area (Å²) in [5.74, 6) is -4.27. The number of phenols is 3. The molecule has 0 radical (unpaired) electrons. The Balaban J connectivity index is 3.63. The van der Waals surface area contributed by atoms with Gasteiger partial charge in [-0.1, -0.05) is 0 Å². The maximum absolute atomic E-state index is 10.7. The van der Waals surface area contributed by atoms with E-state index in [0.29, 0.717) is 6.07 Å². The molecule has 15 heavy (non-hydrogen) atoms. The largest absolute Gasteiger partial charge is 0.504 e. The van der Waals surface area contributed by atoms with Crippen LogP contribution in [0.15, 0.2) is 6.07 Å². The molecule has 0 atom stereocenters. The van der Waals surface area contributed by atoms with Gasteiger partial charge in [0.1, 0.15) is 0 Å². The summed E-state index contributed by atoms with van der Waals surface area (Å²) in [6, 6.07) is 0.639. The van der Waals surface area contributed by atoms with Gasteiger partial charge >= 0.3 is 5.69 Å². The summed E-state index contributed by atoms with van der Waals surface area (Å²) in [6.07, 6.45) is 0. The van der Waals surface area contributed by atoms with Crippen LogP contribution >= 0.6 is 0 Å². The number of primary amides is 1. The monoisotopic (exact) mass is 214 g/mol. The van der Waals surface area contributed by atoms with Crippen LogP contribution in [0.3, 0.4) is 0 Å². The number of nitro groups is 1. The van der Waals surface area contributed by atoms with Crippen molar-refractivity contribution < 1.29 is 25.0 Å². The summed E-state index contributed by atoms with van der Waals surface area (Å²) in [5.41, 5.74) is 2.98. The summed E-state index contributed by atoms with van der Waals surface area (Å²) < 4.78 is 0. The van der Waals surface area contributed by atoms with Crippen molar-refractivity contribution >= 4 is 11.6 Å². The third kappa shape index (κ3) is 1.59. The van der Waals surface area contributed by atoms with Crippen molar-refractivity contribution in [2.45, 2.75) is 0 Å². The van der Waals surface area contributed by atoms with Crippen LogP contribution in [0.25, 0.3) is 0 Å². The minimum Gasteiger partial charge on any atom is -0.504 e. The molecule has 0 saturated heterocycles. The van der Waals surface area contributed by atoms with Gasteiger partial charge in [0.15, 0.2) is 5.75 Å². The Morgan fingerprint density at radius 1 is 1.33 bits per heavy atom. The number of hydrogen-bond acceptors (Lipinski definition) is 6. The number of nitrogens with zero attached hydrogens (tertiary/aromatic N) is 1.